The molecule has 1 unspecified atom stereocenters. The Bertz CT molecular complexity index is 724. The van der Waals surface area contributed by atoms with Crippen molar-refractivity contribution in [3.8, 4) is 0 Å². The van der Waals surface area contributed by atoms with Crippen LogP contribution in [0, 0.1) is 13.8 Å². The van der Waals surface area contributed by atoms with Crippen molar-refractivity contribution in [1.29, 1.82) is 0 Å². The molecule has 0 aliphatic carbocycles. The Morgan fingerprint density at radius 2 is 1.80 bits per heavy atom. The average molecular weight is 389 g/mol. The van der Waals surface area contributed by atoms with Gasteiger partial charge in [0.1, 0.15) is 6.04 Å². The van der Waals surface area contributed by atoms with Crippen LogP contribution in [-0.4, -0.2) is 45.5 Å². The molecule has 1 aromatic carbocycles. The number of hydrogen-bond donors (Lipinski definition) is 2. The van der Waals surface area contributed by atoms with Gasteiger partial charge >= 0.3 is 5.97 Å². The van der Waals surface area contributed by atoms with Crippen LogP contribution in [0.2, 0.25) is 0 Å². The number of carbonyl (C=O) groups is 2. The van der Waals surface area contributed by atoms with E-state index in [1.807, 2.05) is 6.26 Å². The Morgan fingerprint density at radius 3 is 2.24 bits per heavy atom. The van der Waals surface area contributed by atoms with E-state index in [-0.39, 0.29) is 10.8 Å². The van der Waals surface area contributed by atoms with Crippen molar-refractivity contribution in [2.75, 3.05) is 24.4 Å². The van der Waals surface area contributed by atoms with Gasteiger partial charge in [-0.25, -0.2) is 8.42 Å². The first kappa shape index (κ1) is 21.5. The molecule has 1 aromatic rings. The predicted octanol–water partition coefficient (Wildman–Crippen LogP) is 1.83. The maximum Gasteiger partial charge on any atom is 0.323 e. The van der Waals surface area contributed by atoms with Crippen LogP contribution in [0.4, 0.5) is 5.69 Å². The lowest BCUT2D eigenvalue weighted by molar-refractivity contribution is -0.142. The average Bonchev–Trinajstić information content (AvgIpc) is 2.48. The molecular weight excluding hydrogens is 364 g/mol. The highest BCUT2D eigenvalue weighted by molar-refractivity contribution is 7.98. The van der Waals surface area contributed by atoms with Gasteiger partial charge in [0.15, 0.2) is 0 Å². The molecule has 0 bridgehead atoms. The highest BCUT2D eigenvalue weighted by atomic mass is 32.2. The fraction of sp³-hybridized carbons (Fsp3) is 0.500. The van der Waals surface area contributed by atoms with Crippen LogP contribution in [0.25, 0.3) is 0 Å². The molecule has 0 heterocycles. The summed E-state index contributed by atoms with van der Waals surface area (Å²) in [6, 6.07) is 2.21. The molecule has 0 saturated carbocycles. The van der Waals surface area contributed by atoms with Crippen LogP contribution in [0.1, 0.15) is 24.5 Å². The minimum atomic E-state index is -3.92. The van der Waals surface area contributed by atoms with Crippen molar-refractivity contribution in [3.63, 3.8) is 0 Å². The molecule has 9 heteroatoms. The largest absolute Gasteiger partial charge is 0.468 e. The predicted molar refractivity (Wildman–Crippen MR) is 99.3 cm³/mol. The summed E-state index contributed by atoms with van der Waals surface area (Å²) in [6.45, 7) is 4.66. The van der Waals surface area contributed by atoms with Crippen LogP contribution in [0.15, 0.2) is 17.0 Å². The third-order valence-electron chi connectivity index (χ3n) is 3.44. The summed E-state index contributed by atoms with van der Waals surface area (Å²) in [7, 11) is -2.70. The first-order valence-corrected chi connectivity index (χ1v) is 10.5. The molecular formula is C16H24N2O5S2. The van der Waals surface area contributed by atoms with Crippen molar-refractivity contribution >= 4 is 39.3 Å². The van der Waals surface area contributed by atoms with Gasteiger partial charge in [-0.3, -0.25) is 9.59 Å². The van der Waals surface area contributed by atoms with Crippen molar-refractivity contribution < 1.29 is 22.7 Å². The summed E-state index contributed by atoms with van der Waals surface area (Å²) in [5.41, 5.74) is 1.47. The molecule has 1 atom stereocenters. The summed E-state index contributed by atoms with van der Waals surface area (Å²) < 4.78 is 32.7. The molecule has 0 saturated heterocycles. The SMILES string of the molecule is COC(=O)C(CCSC)NS(=O)(=O)c1c(C)cc(NC(C)=O)cc1C. The second-order valence-corrected chi connectivity index (χ2v) is 8.24. The van der Waals surface area contributed by atoms with E-state index in [0.717, 1.165) is 0 Å². The van der Waals surface area contributed by atoms with E-state index >= 15 is 0 Å². The summed E-state index contributed by atoms with van der Waals surface area (Å²) in [5, 5.41) is 2.63. The minimum Gasteiger partial charge on any atom is -0.468 e. The van der Waals surface area contributed by atoms with Crippen molar-refractivity contribution in [2.45, 2.75) is 38.1 Å². The third kappa shape index (κ3) is 6.02. The number of thioether (sulfide) groups is 1. The monoisotopic (exact) mass is 388 g/mol. The van der Waals surface area contributed by atoms with Gasteiger partial charge in [0.25, 0.3) is 0 Å². The second-order valence-electron chi connectivity index (χ2n) is 5.60. The molecule has 0 spiro atoms. The van der Waals surface area contributed by atoms with E-state index in [9.17, 15) is 18.0 Å². The zero-order valence-corrected chi connectivity index (χ0v) is 16.6. The molecule has 1 rings (SSSR count). The Kier molecular flexibility index (Phi) is 7.91. The molecule has 0 radical (unpaired) electrons. The number of carbonyl (C=O) groups excluding carboxylic acids is 2. The topological polar surface area (TPSA) is 102 Å². The van der Waals surface area contributed by atoms with Crippen LogP contribution in [0.3, 0.4) is 0 Å². The molecule has 140 valence electrons. The Labute approximate surface area is 153 Å². The number of esters is 1. The molecule has 1 amide bonds. The highest BCUT2D eigenvalue weighted by Gasteiger charge is 2.28. The molecule has 7 nitrogen and oxygen atoms in total. The fourth-order valence-electron chi connectivity index (χ4n) is 2.50. The lowest BCUT2D eigenvalue weighted by atomic mass is 10.1. The number of anilines is 1. The second kappa shape index (κ2) is 9.21. The van der Waals surface area contributed by atoms with Gasteiger partial charge in [-0.15, -0.1) is 0 Å². The van der Waals surface area contributed by atoms with Crippen molar-refractivity contribution in [3.05, 3.63) is 23.3 Å². The molecule has 2 N–H and O–H groups in total. The first-order chi connectivity index (χ1) is 11.6. The van der Waals surface area contributed by atoms with Crippen LogP contribution in [-0.2, 0) is 24.3 Å². The summed E-state index contributed by atoms with van der Waals surface area (Å²) >= 11 is 1.51. The summed E-state index contributed by atoms with van der Waals surface area (Å²) in [4.78, 5) is 23.1. The van der Waals surface area contributed by atoms with E-state index in [4.69, 9.17) is 4.74 Å². The third-order valence-corrected chi connectivity index (χ3v) is 5.86. The number of methoxy groups -OCH3 is 1. The van der Waals surface area contributed by atoms with Gasteiger partial charge in [0.2, 0.25) is 15.9 Å². The highest BCUT2D eigenvalue weighted by Crippen LogP contribution is 2.25. The van der Waals surface area contributed by atoms with Crippen molar-refractivity contribution in [1.82, 2.24) is 4.72 Å². The maximum atomic E-state index is 12.8. The number of nitrogens with one attached hydrogen (secondary N) is 2. The van der Waals surface area contributed by atoms with Gasteiger partial charge in [0, 0.05) is 12.6 Å². The Hall–Kier alpha value is -1.58. The van der Waals surface area contributed by atoms with Crippen LogP contribution >= 0.6 is 11.8 Å². The van der Waals surface area contributed by atoms with Crippen LogP contribution < -0.4 is 10.0 Å². The van der Waals surface area contributed by atoms with Gasteiger partial charge < -0.3 is 10.1 Å². The number of hydrogen-bond acceptors (Lipinski definition) is 6. The number of amides is 1. The number of sulfonamides is 1. The van der Waals surface area contributed by atoms with E-state index in [1.165, 1.54) is 25.8 Å². The molecule has 0 aromatic heterocycles. The zero-order chi connectivity index (χ0) is 19.2. The summed E-state index contributed by atoms with van der Waals surface area (Å²) in [6.07, 6.45) is 2.20. The minimum absolute atomic E-state index is 0.0969. The lowest BCUT2D eigenvalue weighted by Crippen LogP contribution is -2.42. The van der Waals surface area contributed by atoms with E-state index in [0.29, 0.717) is 29.0 Å². The normalized spacial score (nSPS) is 12.5. The van der Waals surface area contributed by atoms with Gasteiger partial charge in [-0.05, 0) is 55.5 Å². The Balaban J connectivity index is 3.19. The lowest BCUT2D eigenvalue weighted by Gasteiger charge is -2.19. The number of rotatable bonds is 8. The molecule has 25 heavy (non-hydrogen) atoms. The van der Waals surface area contributed by atoms with Gasteiger partial charge in [-0.1, -0.05) is 0 Å². The quantitative estimate of drug-likeness (QED) is 0.659. The molecule has 0 aliphatic heterocycles. The number of ether oxygens (including phenoxy) is 1. The standard InChI is InChI=1S/C16H24N2O5S2/c1-10-8-13(17-12(3)19)9-11(2)15(10)25(21,22)18-14(6-7-24-5)16(20)23-4/h8-9,14,18H,6-7H2,1-5H3,(H,17,19). The van der Waals surface area contributed by atoms with E-state index in [2.05, 4.69) is 10.0 Å². The van der Waals surface area contributed by atoms with E-state index < -0.39 is 22.0 Å². The number of aryl methyl sites for hydroxylation is 2. The zero-order valence-electron chi connectivity index (χ0n) is 15.0. The smallest absolute Gasteiger partial charge is 0.323 e. The Morgan fingerprint density at radius 1 is 1.24 bits per heavy atom. The first-order valence-electron chi connectivity index (χ1n) is 7.60. The van der Waals surface area contributed by atoms with Gasteiger partial charge in [-0.2, -0.15) is 16.5 Å². The summed E-state index contributed by atoms with van der Waals surface area (Å²) in [5.74, 6) is -0.250. The van der Waals surface area contributed by atoms with Crippen molar-refractivity contribution in [2.24, 2.45) is 0 Å². The molecule has 0 aliphatic rings. The fourth-order valence-corrected chi connectivity index (χ4v) is 4.64. The number of benzene rings is 1. The molecule has 0 fully saturated rings. The maximum absolute atomic E-state index is 12.8. The van der Waals surface area contributed by atoms with E-state index in [1.54, 1.807) is 26.0 Å². The van der Waals surface area contributed by atoms with Gasteiger partial charge in [0.05, 0.1) is 12.0 Å². The van der Waals surface area contributed by atoms with Crippen LogP contribution in [0.5, 0.6) is 0 Å².